The Labute approximate surface area is 243 Å². The zero-order valence-electron chi connectivity index (χ0n) is 23.6. The standard InChI is InChI=1S/C33H32FN5O3/c1-33(2,3)42-32(41)39-30(23-7-5-4-6-8-23)27(40)20-36-28-14-13-25-29(22-15-17-35-18-16-22)26(37-31(25)38-28)19-21-9-11-24(34)12-10-21/h4-18,30H,19-20H2,1-3H3,(H,39,41)(H2,36,37,38)/t30-/m1/s1. The molecule has 3 aromatic heterocycles. The molecule has 0 aliphatic rings. The van der Waals surface area contributed by atoms with E-state index in [0.717, 1.165) is 27.8 Å². The number of rotatable bonds is 9. The first-order valence-electron chi connectivity index (χ1n) is 13.6. The molecule has 0 saturated carbocycles. The number of carbonyl (C=O) groups excluding carboxylic acids is 2. The number of hydrogen-bond acceptors (Lipinski definition) is 6. The molecule has 0 radical (unpaired) electrons. The van der Waals surface area contributed by atoms with E-state index in [2.05, 4.69) is 20.6 Å². The Balaban J connectivity index is 1.39. The molecule has 0 aliphatic carbocycles. The van der Waals surface area contributed by atoms with Gasteiger partial charge in [-0.25, -0.2) is 14.2 Å². The quantitative estimate of drug-likeness (QED) is 0.186. The number of halogens is 1. The van der Waals surface area contributed by atoms with Crippen LogP contribution in [-0.2, 0) is 16.0 Å². The van der Waals surface area contributed by atoms with Crippen LogP contribution in [0.4, 0.5) is 15.0 Å². The van der Waals surface area contributed by atoms with Crippen LogP contribution in [0.1, 0.15) is 43.6 Å². The molecule has 3 N–H and O–H groups in total. The monoisotopic (exact) mass is 565 g/mol. The molecule has 0 saturated heterocycles. The number of anilines is 1. The van der Waals surface area contributed by atoms with Crippen LogP contribution in [0, 0.1) is 5.82 Å². The molecule has 1 atom stereocenters. The number of hydrogen-bond donors (Lipinski definition) is 3. The Morgan fingerprint density at radius 1 is 0.952 bits per heavy atom. The van der Waals surface area contributed by atoms with Gasteiger partial charge < -0.3 is 20.4 Å². The van der Waals surface area contributed by atoms with E-state index in [-0.39, 0.29) is 18.1 Å². The van der Waals surface area contributed by atoms with E-state index >= 15 is 0 Å². The molecule has 5 rings (SSSR count). The van der Waals surface area contributed by atoms with Gasteiger partial charge in [0, 0.05) is 35.5 Å². The minimum Gasteiger partial charge on any atom is -0.444 e. The number of benzene rings is 2. The lowest BCUT2D eigenvalue weighted by Gasteiger charge is -2.23. The number of nitrogens with one attached hydrogen (secondary N) is 3. The fraction of sp³-hybridized carbons (Fsp3) is 0.212. The van der Waals surface area contributed by atoms with E-state index < -0.39 is 17.7 Å². The van der Waals surface area contributed by atoms with Crippen molar-refractivity contribution >= 4 is 28.7 Å². The Kier molecular flexibility index (Phi) is 8.28. The van der Waals surface area contributed by atoms with E-state index in [1.54, 1.807) is 57.4 Å². The zero-order valence-corrected chi connectivity index (χ0v) is 23.6. The summed E-state index contributed by atoms with van der Waals surface area (Å²) in [5.74, 6) is -0.0433. The molecular weight excluding hydrogens is 533 g/mol. The van der Waals surface area contributed by atoms with Gasteiger partial charge in [0.15, 0.2) is 5.78 Å². The number of amides is 1. The van der Waals surface area contributed by atoms with Gasteiger partial charge in [-0.1, -0.05) is 42.5 Å². The van der Waals surface area contributed by atoms with Gasteiger partial charge in [0.05, 0.1) is 6.54 Å². The third kappa shape index (κ3) is 6.98. The Morgan fingerprint density at radius 3 is 2.36 bits per heavy atom. The van der Waals surface area contributed by atoms with Crippen molar-refractivity contribution < 1.29 is 18.7 Å². The number of aromatic nitrogens is 3. The molecule has 0 aliphatic heterocycles. The van der Waals surface area contributed by atoms with Crippen molar-refractivity contribution in [3.05, 3.63) is 114 Å². The predicted octanol–water partition coefficient (Wildman–Crippen LogP) is 6.60. The summed E-state index contributed by atoms with van der Waals surface area (Å²) in [5.41, 5.74) is 4.42. The van der Waals surface area contributed by atoms with Gasteiger partial charge in [-0.15, -0.1) is 0 Å². The van der Waals surface area contributed by atoms with Crippen molar-refractivity contribution in [2.24, 2.45) is 0 Å². The Morgan fingerprint density at radius 2 is 1.67 bits per heavy atom. The van der Waals surface area contributed by atoms with Gasteiger partial charge in [0.25, 0.3) is 0 Å². The van der Waals surface area contributed by atoms with Crippen LogP contribution in [-0.4, -0.2) is 39.0 Å². The minimum absolute atomic E-state index is 0.0752. The second-order valence-electron chi connectivity index (χ2n) is 10.9. The first-order chi connectivity index (χ1) is 20.2. The molecular formula is C33H32FN5O3. The summed E-state index contributed by atoms with van der Waals surface area (Å²) in [6, 6.07) is 22.2. The van der Waals surface area contributed by atoms with E-state index in [1.165, 1.54) is 12.1 Å². The smallest absolute Gasteiger partial charge is 0.408 e. The number of carbonyl (C=O) groups is 2. The predicted molar refractivity (Wildman–Crippen MR) is 161 cm³/mol. The van der Waals surface area contributed by atoms with Crippen LogP contribution in [0.25, 0.3) is 22.2 Å². The lowest BCUT2D eigenvalue weighted by molar-refractivity contribution is -0.119. The molecule has 0 fully saturated rings. The number of H-pyrrole nitrogens is 1. The second-order valence-corrected chi connectivity index (χ2v) is 10.9. The number of Topliss-reactive ketones (excluding diaryl/α,β-unsaturated/α-hetero) is 1. The molecule has 0 spiro atoms. The number of alkyl carbamates (subject to hydrolysis) is 1. The van der Waals surface area contributed by atoms with E-state index in [4.69, 9.17) is 9.72 Å². The molecule has 42 heavy (non-hydrogen) atoms. The number of pyridine rings is 2. The highest BCUT2D eigenvalue weighted by atomic mass is 19.1. The van der Waals surface area contributed by atoms with E-state index in [1.807, 2.05) is 42.5 Å². The third-order valence-electron chi connectivity index (χ3n) is 6.56. The van der Waals surface area contributed by atoms with Crippen LogP contribution in [0.5, 0.6) is 0 Å². The van der Waals surface area contributed by atoms with Gasteiger partial charge in [-0.05, 0) is 73.9 Å². The Hall–Kier alpha value is -5.05. The summed E-state index contributed by atoms with van der Waals surface area (Å²) in [5, 5.41) is 6.72. The third-order valence-corrected chi connectivity index (χ3v) is 6.56. The molecule has 5 aromatic rings. The van der Waals surface area contributed by atoms with Gasteiger partial charge in [-0.2, -0.15) is 0 Å². The first-order valence-corrected chi connectivity index (χ1v) is 13.6. The first kappa shape index (κ1) is 28.5. The summed E-state index contributed by atoms with van der Waals surface area (Å²) in [4.78, 5) is 38.2. The average Bonchev–Trinajstić information content (AvgIpc) is 3.33. The maximum absolute atomic E-state index is 13.5. The lowest BCUT2D eigenvalue weighted by atomic mass is 10.00. The van der Waals surface area contributed by atoms with Gasteiger partial charge in [0.2, 0.25) is 0 Å². The van der Waals surface area contributed by atoms with Gasteiger partial charge in [0.1, 0.15) is 28.9 Å². The molecule has 9 heteroatoms. The number of aromatic amines is 1. The van der Waals surface area contributed by atoms with Crippen molar-refractivity contribution in [3.8, 4) is 11.1 Å². The van der Waals surface area contributed by atoms with Crippen molar-refractivity contribution in [1.82, 2.24) is 20.3 Å². The molecule has 3 heterocycles. The van der Waals surface area contributed by atoms with Crippen LogP contribution >= 0.6 is 0 Å². The summed E-state index contributed by atoms with van der Waals surface area (Å²) in [6.07, 6.45) is 3.34. The highest BCUT2D eigenvalue weighted by Crippen LogP contribution is 2.33. The van der Waals surface area contributed by atoms with Crippen molar-refractivity contribution in [3.63, 3.8) is 0 Å². The number of nitrogens with zero attached hydrogens (tertiary/aromatic N) is 2. The molecule has 0 unspecified atom stereocenters. The van der Waals surface area contributed by atoms with Crippen molar-refractivity contribution in [2.75, 3.05) is 11.9 Å². The maximum atomic E-state index is 13.5. The number of ketones is 1. The van der Waals surface area contributed by atoms with Crippen molar-refractivity contribution in [2.45, 2.75) is 38.8 Å². The van der Waals surface area contributed by atoms with E-state index in [0.29, 0.717) is 23.4 Å². The van der Waals surface area contributed by atoms with E-state index in [9.17, 15) is 14.0 Å². The topological polar surface area (TPSA) is 109 Å². The molecule has 1 amide bonds. The lowest BCUT2D eigenvalue weighted by Crippen LogP contribution is -2.39. The maximum Gasteiger partial charge on any atom is 0.408 e. The van der Waals surface area contributed by atoms with Gasteiger partial charge >= 0.3 is 6.09 Å². The van der Waals surface area contributed by atoms with Crippen LogP contribution in [0.3, 0.4) is 0 Å². The fourth-order valence-corrected chi connectivity index (χ4v) is 4.71. The van der Waals surface area contributed by atoms with Crippen LogP contribution in [0.2, 0.25) is 0 Å². The molecule has 214 valence electrons. The SMILES string of the molecule is CC(C)(C)OC(=O)N[C@@H](C(=O)CNc1ccc2c(-c3ccncc3)c(Cc3ccc(F)cc3)[nH]c2n1)c1ccccc1. The Bertz CT molecular complexity index is 1680. The number of ether oxygens (including phenoxy) is 1. The summed E-state index contributed by atoms with van der Waals surface area (Å²) in [7, 11) is 0. The number of fused-ring (bicyclic) bond motifs is 1. The molecule has 0 bridgehead atoms. The van der Waals surface area contributed by atoms with Gasteiger partial charge in [-0.3, -0.25) is 9.78 Å². The summed E-state index contributed by atoms with van der Waals surface area (Å²) < 4.78 is 18.9. The summed E-state index contributed by atoms with van der Waals surface area (Å²) in [6.45, 7) is 5.22. The summed E-state index contributed by atoms with van der Waals surface area (Å²) >= 11 is 0. The largest absolute Gasteiger partial charge is 0.444 e. The van der Waals surface area contributed by atoms with Crippen LogP contribution < -0.4 is 10.6 Å². The fourth-order valence-electron chi connectivity index (χ4n) is 4.71. The van der Waals surface area contributed by atoms with Crippen LogP contribution in [0.15, 0.2) is 91.3 Å². The average molecular weight is 566 g/mol. The normalized spacial score (nSPS) is 12.1. The molecule has 2 aromatic carbocycles. The molecule has 8 nitrogen and oxygen atoms in total. The highest BCUT2D eigenvalue weighted by Gasteiger charge is 2.26. The minimum atomic E-state index is -0.900. The zero-order chi connectivity index (χ0) is 29.7. The van der Waals surface area contributed by atoms with Crippen molar-refractivity contribution in [1.29, 1.82) is 0 Å². The highest BCUT2D eigenvalue weighted by molar-refractivity contribution is 5.97. The second kappa shape index (κ2) is 12.2.